The van der Waals surface area contributed by atoms with Crippen molar-refractivity contribution in [3.8, 4) is 11.6 Å². The molecule has 0 spiro atoms. The van der Waals surface area contributed by atoms with Crippen molar-refractivity contribution < 1.29 is 9.90 Å². The Morgan fingerprint density at radius 2 is 1.75 bits per heavy atom. The molecule has 0 aliphatic carbocycles. The van der Waals surface area contributed by atoms with E-state index in [1.165, 1.54) is 0 Å². The maximum absolute atomic E-state index is 13.3. The van der Waals surface area contributed by atoms with E-state index in [0.717, 1.165) is 49.8 Å². The van der Waals surface area contributed by atoms with Crippen LogP contribution in [0.3, 0.4) is 0 Å². The van der Waals surface area contributed by atoms with Gasteiger partial charge in [-0.25, -0.2) is 14.6 Å². The number of carbonyl (C=O) groups is 1. The number of hydrogen-bond acceptors (Lipinski definition) is 7. The highest BCUT2D eigenvalue weighted by Gasteiger charge is 2.31. The van der Waals surface area contributed by atoms with Gasteiger partial charge >= 0.3 is 0 Å². The highest BCUT2D eigenvalue weighted by molar-refractivity contribution is 5.80. The molecule has 2 fully saturated rings. The first-order chi connectivity index (χ1) is 15.7. The normalized spacial score (nSPS) is 19.2. The lowest BCUT2D eigenvalue weighted by molar-refractivity contribution is -0.136. The number of anilines is 2. The molecule has 32 heavy (non-hydrogen) atoms. The molecule has 1 unspecified atom stereocenters. The van der Waals surface area contributed by atoms with Crippen molar-refractivity contribution in [1.82, 2.24) is 24.6 Å². The number of carbonyl (C=O) groups excluding carboxylic acids is 1. The number of piperazine rings is 1. The molecule has 2 saturated heterocycles. The second kappa shape index (κ2) is 8.86. The molecule has 0 bridgehead atoms. The summed E-state index contributed by atoms with van der Waals surface area (Å²) in [4.78, 5) is 28.5. The minimum absolute atomic E-state index is 0.0212. The number of phenols is 1. The fourth-order valence-corrected chi connectivity index (χ4v) is 4.53. The molecule has 0 saturated carbocycles. The molecular weight excluding hydrogens is 406 g/mol. The van der Waals surface area contributed by atoms with Crippen molar-refractivity contribution in [3.05, 3.63) is 55.1 Å². The number of piperidine rings is 1. The van der Waals surface area contributed by atoms with Crippen LogP contribution < -0.4 is 9.80 Å². The predicted molar refractivity (Wildman–Crippen MR) is 121 cm³/mol. The van der Waals surface area contributed by atoms with Gasteiger partial charge in [-0.3, -0.25) is 4.79 Å². The van der Waals surface area contributed by atoms with E-state index in [1.807, 2.05) is 35.4 Å². The zero-order valence-corrected chi connectivity index (χ0v) is 17.9. The summed E-state index contributed by atoms with van der Waals surface area (Å²) in [6.07, 6.45) is 7.00. The van der Waals surface area contributed by atoms with E-state index < -0.39 is 0 Å². The lowest BCUT2D eigenvalue weighted by atomic mass is 9.96. The van der Waals surface area contributed by atoms with Crippen molar-refractivity contribution in [1.29, 1.82) is 0 Å². The van der Waals surface area contributed by atoms with Gasteiger partial charge in [-0.05, 0) is 43.2 Å². The summed E-state index contributed by atoms with van der Waals surface area (Å²) in [5.41, 5.74) is 1.08. The zero-order chi connectivity index (χ0) is 21.9. The fraction of sp³-hybridized carbons (Fsp3) is 0.391. The van der Waals surface area contributed by atoms with Gasteiger partial charge in [0.15, 0.2) is 5.82 Å². The van der Waals surface area contributed by atoms with Gasteiger partial charge in [0, 0.05) is 63.4 Å². The molecule has 4 heterocycles. The van der Waals surface area contributed by atoms with Crippen LogP contribution >= 0.6 is 0 Å². The summed E-state index contributed by atoms with van der Waals surface area (Å²) in [6.45, 7) is 4.58. The Morgan fingerprint density at radius 1 is 0.969 bits per heavy atom. The molecular formula is C23H27N7O2. The summed E-state index contributed by atoms with van der Waals surface area (Å²) in [7, 11) is 0. The largest absolute Gasteiger partial charge is 0.508 e. The van der Waals surface area contributed by atoms with Gasteiger partial charge in [0.05, 0.1) is 5.92 Å². The van der Waals surface area contributed by atoms with Crippen molar-refractivity contribution in [2.24, 2.45) is 5.92 Å². The molecule has 1 amide bonds. The van der Waals surface area contributed by atoms with E-state index in [0.29, 0.717) is 19.6 Å². The number of amides is 1. The molecule has 5 rings (SSSR count). The Kier molecular flexibility index (Phi) is 5.62. The predicted octanol–water partition coefficient (Wildman–Crippen LogP) is 1.93. The van der Waals surface area contributed by atoms with Gasteiger partial charge < -0.3 is 19.8 Å². The van der Waals surface area contributed by atoms with Crippen molar-refractivity contribution in [2.75, 3.05) is 49.1 Å². The van der Waals surface area contributed by atoms with Crippen LogP contribution in [-0.4, -0.2) is 74.9 Å². The molecule has 2 aromatic heterocycles. The number of rotatable bonds is 4. The third-order valence-electron chi connectivity index (χ3n) is 6.28. The van der Waals surface area contributed by atoms with Crippen LogP contribution in [0.2, 0.25) is 0 Å². The van der Waals surface area contributed by atoms with E-state index in [2.05, 4.69) is 24.9 Å². The van der Waals surface area contributed by atoms with E-state index in [4.69, 9.17) is 0 Å². The Labute approximate surface area is 186 Å². The van der Waals surface area contributed by atoms with Gasteiger partial charge in [-0.1, -0.05) is 0 Å². The van der Waals surface area contributed by atoms with E-state index in [-0.39, 0.29) is 17.6 Å². The van der Waals surface area contributed by atoms with E-state index in [9.17, 15) is 9.90 Å². The van der Waals surface area contributed by atoms with Crippen molar-refractivity contribution in [2.45, 2.75) is 12.8 Å². The Balaban J connectivity index is 1.21. The van der Waals surface area contributed by atoms with Crippen LogP contribution in [0.5, 0.6) is 5.75 Å². The monoisotopic (exact) mass is 433 g/mol. The van der Waals surface area contributed by atoms with Gasteiger partial charge in [0.1, 0.15) is 17.9 Å². The molecule has 9 heteroatoms. The molecule has 1 atom stereocenters. The van der Waals surface area contributed by atoms with E-state index in [1.54, 1.807) is 29.3 Å². The molecule has 1 aromatic carbocycles. The first-order valence-corrected chi connectivity index (χ1v) is 11.1. The number of phenolic OH excluding ortho intramolecular Hbond substituents is 1. The third-order valence-corrected chi connectivity index (χ3v) is 6.28. The van der Waals surface area contributed by atoms with E-state index >= 15 is 0 Å². The van der Waals surface area contributed by atoms with Crippen LogP contribution in [-0.2, 0) is 4.79 Å². The van der Waals surface area contributed by atoms with Gasteiger partial charge in [0.25, 0.3) is 0 Å². The van der Waals surface area contributed by atoms with Gasteiger partial charge in [0.2, 0.25) is 5.91 Å². The Hall–Kier alpha value is -3.62. The quantitative estimate of drug-likeness (QED) is 0.672. The minimum atomic E-state index is -0.0212. The molecule has 2 aliphatic rings. The fourth-order valence-electron chi connectivity index (χ4n) is 4.53. The molecule has 2 aliphatic heterocycles. The number of aromatic nitrogens is 4. The highest BCUT2D eigenvalue weighted by atomic mass is 16.3. The molecule has 1 N–H and O–H groups in total. The third kappa shape index (κ3) is 4.23. The minimum Gasteiger partial charge on any atom is -0.508 e. The number of hydrogen-bond donors (Lipinski definition) is 1. The maximum Gasteiger partial charge on any atom is 0.227 e. The second-order valence-electron chi connectivity index (χ2n) is 8.30. The molecule has 0 radical (unpaired) electrons. The summed E-state index contributed by atoms with van der Waals surface area (Å²) in [5.74, 6) is 2.04. The topological polar surface area (TPSA) is 90.6 Å². The highest BCUT2D eigenvalue weighted by Crippen LogP contribution is 2.25. The summed E-state index contributed by atoms with van der Waals surface area (Å²) in [5, 5.41) is 13.7. The first kappa shape index (κ1) is 20.3. The summed E-state index contributed by atoms with van der Waals surface area (Å²) in [6, 6.07) is 11.0. The molecule has 166 valence electrons. The van der Waals surface area contributed by atoms with Crippen LogP contribution in [0.25, 0.3) is 5.82 Å². The van der Waals surface area contributed by atoms with Crippen molar-refractivity contribution in [3.63, 3.8) is 0 Å². The molecule has 9 nitrogen and oxygen atoms in total. The second-order valence-corrected chi connectivity index (χ2v) is 8.30. The van der Waals surface area contributed by atoms with Crippen LogP contribution in [0.15, 0.2) is 55.1 Å². The van der Waals surface area contributed by atoms with Crippen LogP contribution in [0.1, 0.15) is 12.8 Å². The van der Waals surface area contributed by atoms with Crippen molar-refractivity contribution >= 4 is 17.4 Å². The summed E-state index contributed by atoms with van der Waals surface area (Å²) < 4.78 is 1.71. The average molecular weight is 434 g/mol. The van der Waals surface area contributed by atoms with Gasteiger partial charge in [-0.2, -0.15) is 5.10 Å². The Bertz CT molecular complexity index is 1050. The number of benzene rings is 1. The zero-order valence-electron chi connectivity index (χ0n) is 17.9. The van der Waals surface area contributed by atoms with Gasteiger partial charge in [-0.15, -0.1) is 0 Å². The standard InChI is InChI=1S/C23H27N7O2/c31-20-6-4-19(5-7-20)27-11-13-28(14-12-27)23(32)18-3-1-9-29(16-18)21-15-22(25-17-24-21)30-10-2-8-26-30/h2,4-8,10,15,17-18,31H,1,3,9,11-14,16H2. The maximum atomic E-state index is 13.3. The smallest absolute Gasteiger partial charge is 0.227 e. The average Bonchev–Trinajstić information content (AvgIpc) is 3.40. The van der Waals surface area contributed by atoms with Crippen LogP contribution in [0.4, 0.5) is 11.5 Å². The number of nitrogens with zero attached hydrogens (tertiary/aromatic N) is 7. The lowest BCUT2D eigenvalue weighted by Crippen LogP contribution is -2.52. The SMILES string of the molecule is O=C(C1CCCN(c2cc(-n3cccn3)ncn2)C1)N1CCN(c2ccc(O)cc2)CC1. The van der Waals surface area contributed by atoms with Crippen LogP contribution in [0, 0.1) is 5.92 Å². The lowest BCUT2D eigenvalue weighted by Gasteiger charge is -2.40. The Morgan fingerprint density at radius 3 is 2.50 bits per heavy atom. The molecule has 3 aromatic rings. The summed E-state index contributed by atoms with van der Waals surface area (Å²) >= 11 is 0. The first-order valence-electron chi connectivity index (χ1n) is 11.1. The number of aromatic hydroxyl groups is 1.